The fourth-order valence-electron chi connectivity index (χ4n) is 3.92. The van der Waals surface area contributed by atoms with E-state index < -0.39 is 11.5 Å². The van der Waals surface area contributed by atoms with Crippen molar-refractivity contribution in [2.24, 2.45) is 5.73 Å². The number of thioether (sulfide) groups is 1. The van der Waals surface area contributed by atoms with Crippen LogP contribution in [-0.2, 0) is 26.3 Å². The third-order valence-electron chi connectivity index (χ3n) is 5.79. The molecule has 2 aromatic heterocycles. The van der Waals surface area contributed by atoms with E-state index in [9.17, 15) is 9.59 Å². The quantitative estimate of drug-likeness (QED) is 0.422. The number of carbonyl (C=O) groups is 2. The first kappa shape index (κ1) is 21.4. The van der Waals surface area contributed by atoms with E-state index >= 15 is 0 Å². The molecule has 10 heteroatoms. The average molecular weight is 488 g/mol. The largest absolute Gasteiger partial charge is 0.497 e. The highest BCUT2D eigenvalue weighted by Crippen LogP contribution is 2.46. The van der Waals surface area contributed by atoms with E-state index in [0.717, 1.165) is 26.8 Å². The zero-order valence-electron chi connectivity index (χ0n) is 17.2. The molecule has 7 nitrogen and oxygen atoms in total. The molecule has 32 heavy (non-hydrogen) atoms. The number of β-lactam (4-membered cyclic amide) rings is 1. The van der Waals surface area contributed by atoms with Gasteiger partial charge in [0.25, 0.3) is 0 Å². The molecule has 166 valence electrons. The Kier molecular flexibility index (Phi) is 5.70. The summed E-state index contributed by atoms with van der Waals surface area (Å²) in [6, 6.07) is 8.91. The third kappa shape index (κ3) is 3.61. The highest BCUT2D eigenvalue weighted by atomic mass is 32.2. The Morgan fingerprint density at radius 2 is 2.12 bits per heavy atom. The summed E-state index contributed by atoms with van der Waals surface area (Å²) < 4.78 is 11.0. The lowest BCUT2D eigenvalue weighted by molar-refractivity contribution is -0.156. The first-order chi connectivity index (χ1) is 15.5. The number of aromatic nitrogens is 1. The maximum Gasteiger partial charge on any atom is 0.320 e. The topological polar surface area (TPSA) is 94.7 Å². The van der Waals surface area contributed by atoms with Gasteiger partial charge >= 0.3 is 5.97 Å². The van der Waals surface area contributed by atoms with E-state index in [2.05, 4.69) is 4.98 Å². The summed E-state index contributed by atoms with van der Waals surface area (Å²) in [5, 5.41) is 4.75. The zero-order chi connectivity index (χ0) is 22.3. The standard InChI is InChI=1S/C22H21N3O4S3/c1-28-15-4-2-13(3-5-15)9-29-21(27)22(11-25-19(26)17(23)20(25)32-12-22)16-8-14(10-31-16)18-24-6-7-30-18/h2-8,10,17,20H,9,11-12,23H2,1H3/t17-,20-,22?/m1/s1. The molecular formula is C22H21N3O4S3. The first-order valence-corrected chi connectivity index (χ1v) is 12.8. The van der Waals surface area contributed by atoms with E-state index in [1.165, 1.54) is 11.3 Å². The minimum atomic E-state index is -0.941. The molecule has 2 saturated heterocycles. The third-order valence-corrected chi connectivity index (χ3v) is 9.30. The SMILES string of the molecule is COc1ccc(COC(=O)C2(c3cc(-c4nccs4)cs3)CS[C@@H]3[C@H](N)C(=O)N3C2)cc1. The molecule has 1 aromatic carbocycles. The number of hydrogen-bond donors (Lipinski definition) is 1. The van der Waals surface area contributed by atoms with Gasteiger partial charge in [-0.3, -0.25) is 9.59 Å². The van der Waals surface area contributed by atoms with Crippen molar-refractivity contribution in [2.75, 3.05) is 19.4 Å². The number of methoxy groups -OCH3 is 1. The molecule has 2 aliphatic heterocycles. The second-order valence-corrected chi connectivity index (χ2v) is 10.6. The number of amides is 1. The number of nitrogens with zero attached hydrogens (tertiary/aromatic N) is 2. The molecule has 5 rings (SSSR count). The smallest absolute Gasteiger partial charge is 0.320 e. The van der Waals surface area contributed by atoms with Gasteiger partial charge in [0.2, 0.25) is 5.91 Å². The number of esters is 1. The number of hydrogen-bond acceptors (Lipinski definition) is 9. The van der Waals surface area contributed by atoms with Gasteiger partial charge in [-0.1, -0.05) is 12.1 Å². The van der Waals surface area contributed by atoms with Crippen molar-refractivity contribution in [3.63, 3.8) is 0 Å². The summed E-state index contributed by atoms with van der Waals surface area (Å²) in [6.45, 7) is 0.424. The number of fused-ring (bicyclic) bond motifs is 1. The zero-order valence-corrected chi connectivity index (χ0v) is 19.7. The fraction of sp³-hybridized carbons (Fsp3) is 0.318. The number of nitrogens with two attached hydrogens (primary N) is 1. The van der Waals surface area contributed by atoms with Crippen molar-refractivity contribution in [2.45, 2.75) is 23.4 Å². The van der Waals surface area contributed by atoms with Gasteiger partial charge in [0.1, 0.15) is 34.2 Å². The monoisotopic (exact) mass is 487 g/mol. The Bertz CT molecular complexity index is 1130. The molecule has 0 radical (unpaired) electrons. The molecular weight excluding hydrogens is 466 g/mol. The summed E-state index contributed by atoms with van der Waals surface area (Å²) >= 11 is 4.60. The highest BCUT2D eigenvalue weighted by Gasteiger charge is 2.57. The molecule has 3 atom stereocenters. The Morgan fingerprint density at radius 3 is 2.84 bits per heavy atom. The van der Waals surface area contributed by atoms with Crippen LogP contribution in [0.25, 0.3) is 10.6 Å². The van der Waals surface area contributed by atoms with Crippen molar-refractivity contribution in [1.82, 2.24) is 9.88 Å². The number of carbonyl (C=O) groups excluding carboxylic acids is 2. The molecule has 0 bridgehead atoms. The van der Waals surface area contributed by atoms with Gasteiger partial charge in [0.15, 0.2) is 0 Å². The summed E-state index contributed by atoms with van der Waals surface area (Å²) in [5.74, 6) is 0.799. The maximum absolute atomic E-state index is 13.5. The molecule has 0 saturated carbocycles. The van der Waals surface area contributed by atoms with Crippen LogP contribution in [0, 0.1) is 0 Å². The minimum absolute atomic E-state index is 0.0802. The van der Waals surface area contributed by atoms with Crippen molar-refractivity contribution in [1.29, 1.82) is 0 Å². The highest BCUT2D eigenvalue weighted by molar-refractivity contribution is 8.00. The minimum Gasteiger partial charge on any atom is -0.497 e. The lowest BCUT2D eigenvalue weighted by Gasteiger charge is -2.52. The molecule has 0 spiro atoms. The lowest BCUT2D eigenvalue weighted by atomic mass is 9.85. The summed E-state index contributed by atoms with van der Waals surface area (Å²) in [6.07, 6.45) is 1.76. The van der Waals surface area contributed by atoms with Crippen molar-refractivity contribution < 1.29 is 19.1 Å². The Balaban J connectivity index is 1.42. The number of benzene rings is 1. The maximum atomic E-state index is 13.5. The Labute approximate surface area is 197 Å². The Morgan fingerprint density at radius 1 is 1.31 bits per heavy atom. The molecule has 1 unspecified atom stereocenters. The molecule has 1 amide bonds. The Hall–Kier alpha value is -2.40. The van der Waals surface area contributed by atoms with E-state index in [0.29, 0.717) is 5.75 Å². The van der Waals surface area contributed by atoms with Gasteiger partial charge in [-0.2, -0.15) is 0 Å². The lowest BCUT2D eigenvalue weighted by Crippen LogP contribution is -2.72. The van der Waals surface area contributed by atoms with Crippen LogP contribution in [0.2, 0.25) is 0 Å². The predicted molar refractivity (Wildman–Crippen MR) is 126 cm³/mol. The van der Waals surface area contributed by atoms with Crippen molar-refractivity contribution >= 4 is 46.3 Å². The van der Waals surface area contributed by atoms with Crippen LogP contribution in [0.5, 0.6) is 5.75 Å². The molecule has 2 fully saturated rings. The van der Waals surface area contributed by atoms with Crippen LogP contribution < -0.4 is 10.5 Å². The first-order valence-electron chi connectivity index (χ1n) is 9.98. The molecule has 0 aliphatic carbocycles. The van der Waals surface area contributed by atoms with Crippen LogP contribution in [0.4, 0.5) is 0 Å². The van der Waals surface area contributed by atoms with Crippen LogP contribution in [0.15, 0.2) is 47.3 Å². The second-order valence-electron chi connectivity index (χ2n) is 7.74. The summed E-state index contributed by atoms with van der Waals surface area (Å²) in [4.78, 5) is 32.9. The second kappa shape index (κ2) is 8.51. The van der Waals surface area contributed by atoms with Crippen molar-refractivity contribution in [3.05, 3.63) is 57.7 Å². The summed E-state index contributed by atoms with van der Waals surface area (Å²) in [7, 11) is 1.61. The van der Waals surface area contributed by atoms with Crippen LogP contribution in [0.3, 0.4) is 0 Å². The van der Waals surface area contributed by atoms with E-state index in [1.807, 2.05) is 41.1 Å². The molecule has 2 aliphatic rings. The van der Waals surface area contributed by atoms with Gasteiger partial charge in [0.05, 0.1) is 7.11 Å². The molecule has 4 heterocycles. The van der Waals surface area contributed by atoms with Crippen LogP contribution in [-0.4, -0.2) is 52.6 Å². The van der Waals surface area contributed by atoms with Crippen LogP contribution >= 0.6 is 34.4 Å². The summed E-state index contributed by atoms with van der Waals surface area (Å²) in [5.41, 5.74) is 6.86. The predicted octanol–water partition coefficient (Wildman–Crippen LogP) is 3.10. The normalized spacial score (nSPS) is 24.6. The number of thiophene rings is 1. The number of ether oxygens (including phenoxy) is 2. The fourth-order valence-corrected chi connectivity index (χ4v) is 7.29. The van der Waals surface area contributed by atoms with Gasteiger partial charge in [-0.15, -0.1) is 34.4 Å². The molecule has 2 N–H and O–H groups in total. The molecule has 3 aromatic rings. The van der Waals surface area contributed by atoms with Crippen molar-refractivity contribution in [3.8, 4) is 16.3 Å². The van der Waals surface area contributed by atoms with Crippen LogP contribution in [0.1, 0.15) is 10.4 Å². The van der Waals surface area contributed by atoms with Gasteiger partial charge in [-0.05, 0) is 23.8 Å². The van der Waals surface area contributed by atoms with E-state index in [1.54, 1.807) is 41.3 Å². The average Bonchev–Trinajstić information content (AvgIpc) is 3.54. The number of rotatable bonds is 6. The number of thiazole rings is 1. The van der Waals surface area contributed by atoms with E-state index in [-0.39, 0.29) is 30.4 Å². The van der Waals surface area contributed by atoms with E-state index in [4.69, 9.17) is 15.2 Å². The van der Waals surface area contributed by atoms with Gasteiger partial charge in [0, 0.05) is 39.7 Å². The van der Waals surface area contributed by atoms with Gasteiger partial charge < -0.3 is 20.1 Å². The van der Waals surface area contributed by atoms with Gasteiger partial charge in [-0.25, -0.2) is 4.98 Å².